The molecule has 0 amide bonds. The summed E-state index contributed by atoms with van der Waals surface area (Å²) in [4.78, 5) is 23.8. The van der Waals surface area contributed by atoms with Crippen molar-refractivity contribution in [2.75, 3.05) is 0 Å². The smallest absolute Gasteiger partial charge is 0.139 e. The molecule has 0 unspecified atom stereocenters. The molecule has 0 saturated heterocycles. The van der Waals surface area contributed by atoms with Crippen molar-refractivity contribution in [2.24, 2.45) is 10.8 Å². The van der Waals surface area contributed by atoms with E-state index in [4.69, 9.17) is 0 Å². The third-order valence-electron chi connectivity index (χ3n) is 7.36. The summed E-state index contributed by atoms with van der Waals surface area (Å²) >= 11 is 0. The first-order valence-electron chi connectivity index (χ1n) is 12.1. The standard InChI is InChI=1S/C25H44O2/c1-3-4-15-23(27)25(20-21-25)17-14-12-10-8-6-5-7-9-11-13-16-24(18-19-24)22(2)26/h3-21H2,1-2H3. The Balaban J connectivity index is 1.34. The van der Waals surface area contributed by atoms with Crippen molar-refractivity contribution in [3.05, 3.63) is 0 Å². The van der Waals surface area contributed by atoms with Crippen molar-refractivity contribution in [1.82, 2.24) is 0 Å². The van der Waals surface area contributed by atoms with Gasteiger partial charge in [-0.1, -0.05) is 77.6 Å². The van der Waals surface area contributed by atoms with Gasteiger partial charge in [0.2, 0.25) is 0 Å². The maximum atomic E-state index is 12.3. The number of carbonyl (C=O) groups is 2. The van der Waals surface area contributed by atoms with Crippen molar-refractivity contribution < 1.29 is 9.59 Å². The molecule has 2 rings (SSSR count). The zero-order chi connectivity index (χ0) is 19.6. The molecular weight excluding hydrogens is 332 g/mol. The van der Waals surface area contributed by atoms with Crippen LogP contribution in [0.4, 0.5) is 0 Å². The Labute approximate surface area is 168 Å². The van der Waals surface area contributed by atoms with Crippen LogP contribution >= 0.6 is 0 Å². The minimum absolute atomic E-state index is 0.125. The summed E-state index contributed by atoms with van der Waals surface area (Å²) in [6, 6.07) is 0. The molecule has 2 saturated carbocycles. The molecule has 2 nitrogen and oxygen atoms in total. The zero-order valence-corrected chi connectivity index (χ0v) is 18.3. The van der Waals surface area contributed by atoms with E-state index in [1.807, 2.05) is 0 Å². The topological polar surface area (TPSA) is 34.1 Å². The molecule has 0 aromatic rings. The Bertz CT molecular complexity index is 457. The summed E-state index contributed by atoms with van der Waals surface area (Å²) < 4.78 is 0. The molecule has 0 bridgehead atoms. The van der Waals surface area contributed by atoms with Crippen LogP contribution in [-0.2, 0) is 9.59 Å². The Kier molecular flexibility index (Phi) is 9.53. The summed E-state index contributed by atoms with van der Waals surface area (Å²) in [5, 5.41) is 0. The lowest BCUT2D eigenvalue weighted by molar-refractivity contribution is -0.124. The minimum atomic E-state index is 0.125. The molecule has 0 aliphatic heterocycles. The molecule has 2 aliphatic rings. The van der Waals surface area contributed by atoms with Crippen molar-refractivity contribution >= 4 is 11.6 Å². The third kappa shape index (κ3) is 7.70. The van der Waals surface area contributed by atoms with E-state index in [0.29, 0.717) is 11.6 Å². The van der Waals surface area contributed by atoms with Gasteiger partial charge in [-0.25, -0.2) is 0 Å². The molecule has 156 valence electrons. The van der Waals surface area contributed by atoms with Gasteiger partial charge in [0.15, 0.2) is 0 Å². The van der Waals surface area contributed by atoms with E-state index >= 15 is 0 Å². The first-order chi connectivity index (χ1) is 13.0. The fraction of sp³-hybridized carbons (Fsp3) is 0.920. The number of carbonyl (C=O) groups excluding carboxylic acids is 2. The molecule has 27 heavy (non-hydrogen) atoms. The monoisotopic (exact) mass is 376 g/mol. The van der Waals surface area contributed by atoms with E-state index in [1.54, 1.807) is 6.92 Å². The molecule has 2 aliphatic carbocycles. The highest BCUT2D eigenvalue weighted by molar-refractivity contribution is 5.87. The second-order valence-electron chi connectivity index (χ2n) is 9.68. The second-order valence-corrected chi connectivity index (χ2v) is 9.68. The van der Waals surface area contributed by atoms with E-state index in [-0.39, 0.29) is 10.8 Å². The molecule has 0 spiro atoms. The summed E-state index contributed by atoms with van der Waals surface area (Å²) in [7, 11) is 0. The van der Waals surface area contributed by atoms with Gasteiger partial charge < -0.3 is 0 Å². The van der Waals surface area contributed by atoms with Gasteiger partial charge in [-0.15, -0.1) is 0 Å². The number of hydrogen-bond acceptors (Lipinski definition) is 2. The van der Waals surface area contributed by atoms with Gasteiger partial charge in [0.1, 0.15) is 11.6 Å². The van der Waals surface area contributed by atoms with Crippen LogP contribution in [0, 0.1) is 10.8 Å². The minimum Gasteiger partial charge on any atom is -0.299 e. The number of ketones is 2. The lowest BCUT2D eigenvalue weighted by Gasteiger charge is -2.13. The Morgan fingerprint density at radius 2 is 1.04 bits per heavy atom. The highest BCUT2D eigenvalue weighted by Gasteiger charge is 2.47. The molecule has 0 aromatic heterocycles. The quantitative estimate of drug-likeness (QED) is 0.231. The van der Waals surface area contributed by atoms with E-state index in [1.165, 1.54) is 77.0 Å². The molecule has 2 heteroatoms. The second kappa shape index (κ2) is 11.4. The highest BCUT2D eigenvalue weighted by Crippen LogP contribution is 2.52. The molecule has 0 radical (unpaired) electrons. The van der Waals surface area contributed by atoms with Crippen molar-refractivity contribution in [2.45, 2.75) is 136 Å². The van der Waals surface area contributed by atoms with Gasteiger partial charge >= 0.3 is 0 Å². The van der Waals surface area contributed by atoms with Gasteiger partial charge in [0.05, 0.1) is 0 Å². The van der Waals surface area contributed by atoms with Crippen LogP contribution in [0.15, 0.2) is 0 Å². The first-order valence-corrected chi connectivity index (χ1v) is 12.1. The predicted octanol–water partition coefficient (Wildman–Crippen LogP) is 7.58. The normalized spacial score (nSPS) is 19.0. The average Bonchev–Trinajstić information content (AvgIpc) is 3.56. The van der Waals surface area contributed by atoms with Crippen molar-refractivity contribution in [3.8, 4) is 0 Å². The Hall–Kier alpha value is -0.660. The fourth-order valence-electron chi connectivity index (χ4n) is 4.69. The summed E-state index contributed by atoms with van der Waals surface area (Å²) in [5.74, 6) is 1.00. The Morgan fingerprint density at radius 1 is 0.630 bits per heavy atom. The van der Waals surface area contributed by atoms with Gasteiger partial charge in [-0.3, -0.25) is 9.59 Å². The molecule has 0 aromatic carbocycles. The van der Waals surface area contributed by atoms with Crippen LogP contribution in [0.2, 0.25) is 0 Å². The molecule has 0 N–H and O–H groups in total. The number of rotatable bonds is 18. The first kappa shape index (κ1) is 22.6. The maximum absolute atomic E-state index is 12.3. The fourth-order valence-corrected chi connectivity index (χ4v) is 4.69. The Morgan fingerprint density at radius 3 is 1.41 bits per heavy atom. The van der Waals surface area contributed by atoms with Crippen LogP contribution in [0.5, 0.6) is 0 Å². The zero-order valence-electron chi connectivity index (χ0n) is 18.3. The molecule has 2 fully saturated rings. The van der Waals surface area contributed by atoms with Gasteiger partial charge in [0, 0.05) is 17.3 Å². The van der Waals surface area contributed by atoms with Crippen LogP contribution in [-0.4, -0.2) is 11.6 Å². The summed E-state index contributed by atoms with van der Waals surface area (Å²) in [6.07, 6.45) is 23.3. The van der Waals surface area contributed by atoms with Crippen LogP contribution < -0.4 is 0 Å². The van der Waals surface area contributed by atoms with Crippen LogP contribution in [0.3, 0.4) is 0 Å². The molecular formula is C25H44O2. The summed E-state index contributed by atoms with van der Waals surface area (Å²) in [5.41, 5.74) is 0.260. The van der Waals surface area contributed by atoms with Crippen LogP contribution in [0.25, 0.3) is 0 Å². The van der Waals surface area contributed by atoms with Crippen molar-refractivity contribution in [1.29, 1.82) is 0 Å². The third-order valence-corrected chi connectivity index (χ3v) is 7.36. The molecule has 0 heterocycles. The SMILES string of the molecule is CCCCC(=O)C1(CCCCCCCCCCCCC2(C(C)=O)CC2)CC1. The van der Waals surface area contributed by atoms with E-state index in [2.05, 4.69) is 6.92 Å². The van der Waals surface area contributed by atoms with E-state index in [0.717, 1.165) is 44.9 Å². The molecule has 0 atom stereocenters. The van der Waals surface area contributed by atoms with Gasteiger partial charge in [0.25, 0.3) is 0 Å². The van der Waals surface area contributed by atoms with E-state index in [9.17, 15) is 9.59 Å². The van der Waals surface area contributed by atoms with E-state index < -0.39 is 0 Å². The highest BCUT2D eigenvalue weighted by atomic mass is 16.1. The largest absolute Gasteiger partial charge is 0.299 e. The average molecular weight is 377 g/mol. The lowest BCUT2D eigenvalue weighted by Crippen LogP contribution is -2.15. The van der Waals surface area contributed by atoms with Gasteiger partial charge in [-0.2, -0.15) is 0 Å². The maximum Gasteiger partial charge on any atom is 0.139 e. The number of unbranched alkanes of at least 4 members (excludes halogenated alkanes) is 10. The van der Waals surface area contributed by atoms with Gasteiger partial charge in [-0.05, 0) is 51.9 Å². The van der Waals surface area contributed by atoms with Crippen molar-refractivity contribution in [3.63, 3.8) is 0 Å². The number of hydrogen-bond donors (Lipinski definition) is 0. The predicted molar refractivity (Wildman–Crippen MR) is 114 cm³/mol. The lowest BCUT2D eigenvalue weighted by atomic mass is 9.90. The van der Waals surface area contributed by atoms with Crippen LogP contribution in [0.1, 0.15) is 136 Å². The number of Topliss-reactive ketones (excluding diaryl/α,β-unsaturated/α-hetero) is 2. The summed E-state index contributed by atoms with van der Waals surface area (Å²) in [6.45, 7) is 3.95.